The summed E-state index contributed by atoms with van der Waals surface area (Å²) in [5.41, 5.74) is 5.25. The fourth-order valence-electron chi connectivity index (χ4n) is 2.70. The SMILES string of the molecule is Cc1ccc(NC(=O)c2c(C)nc3ccccc3c2C)cc1. The van der Waals surface area contributed by atoms with E-state index in [1.165, 1.54) is 0 Å². The summed E-state index contributed by atoms with van der Waals surface area (Å²) in [6, 6.07) is 15.7. The van der Waals surface area contributed by atoms with Gasteiger partial charge in [-0.25, -0.2) is 0 Å². The number of amides is 1. The van der Waals surface area contributed by atoms with Gasteiger partial charge in [0.2, 0.25) is 0 Å². The largest absolute Gasteiger partial charge is 0.322 e. The first kappa shape index (κ1) is 14.3. The molecule has 0 atom stereocenters. The maximum absolute atomic E-state index is 12.6. The van der Waals surface area contributed by atoms with E-state index in [0.29, 0.717) is 5.56 Å². The number of nitrogens with one attached hydrogen (secondary N) is 1. The average molecular weight is 290 g/mol. The molecule has 0 aliphatic rings. The third kappa shape index (κ3) is 2.58. The van der Waals surface area contributed by atoms with Gasteiger partial charge in [-0.2, -0.15) is 0 Å². The Morgan fingerprint density at radius 3 is 2.36 bits per heavy atom. The Hall–Kier alpha value is -2.68. The molecule has 3 nitrogen and oxygen atoms in total. The molecule has 1 amide bonds. The average Bonchev–Trinajstić information content (AvgIpc) is 2.49. The molecule has 0 spiro atoms. The number of rotatable bonds is 2. The monoisotopic (exact) mass is 290 g/mol. The topological polar surface area (TPSA) is 42.0 Å². The second-order valence-electron chi connectivity index (χ2n) is 5.53. The van der Waals surface area contributed by atoms with E-state index in [-0.39, 0.29) is 5.91 Å². The van der Waals surface area contributed by atoms with Crippen molar-refractivity contribution in [2.24, 2.45) is 0 Å². The van der Waals surface area contributed by atoms with Gasteiger partial charge in [-0.3, -0.25) is 9.78 Å². The molecule has 3 heteroatoms. The number of benzene rings is 2. The minimum Gasteiger partial charge on any atom is -0.322 e. The van der Waals surface area contributed by atoms with E-state index in [1.54, 1.807) is 0 Å². The standard InChI is InChI=1S/C19H18N2O/c1-12-8-10-15(11-9-12)21-19(22)18-13(2)16-6-4-5-7-17(16)20-14(18)3/h4-11H,1-3H3,(H,21,22). The van der Waals surface area contributed by atoms with Crippen molar-refractivity contribution >= 4 is 22.5 Å². The quantitative estimate of drug-likeness (QED) is 0.759. The van der Waals surface area contributed by atoms with Gasteiger partial charge in [0.25, 0.3) is 5.91 Å². The predicted molar refractivity (Wildman–Crippen MR) is 90.3 cm³/mol. The number of fused-ring (bicyclic) bond motifs is 1. The van der Waals surface area contributed by atoms with Crippen LogP contribution in [-0.2, 0) is 0 Å². The lowest BCUT2D eigenvalue weighted by atomic mass is 10.0. The molecule has 0 bridgehead atoms. The maximum atomic E-state index is 12.6. The molecule has 0 radical (unpaired) electrons. The van der Waals surface area contributed by atoms with Crippen LogP contribution in [0.15, 0.2) is 48.5 Å². The molecule has 3 rings (SSSR count). The fraction of sp³-hybridized carbons (Fsp3) is 0.158. The predicted octanol–water partition coefficient (Wildman–Crippen LogP) is 4.41. The molecule has 0 saturated carbocycles. The zero-order valence-corrected chi connectivity index (χ0v) is 13.0. The molecule has 2 aromatic carbocycles. The highest BCUT2D eigenvalue weighted by molar-refractivity contribution is 6.08. The van der Waals surface area contributed by atoms with Crippen LogP contribution in [0.1, 0.15) is 27.2 Å². The van der Waals surface area contributed by atoms with Crippen molar-refractivity contribution in [1.29, 1.82) is 0 Å². The van der Waals surface area contributed by atoms with Gasteiger partial charge >= 0.3 is 0 Å². The van der Waals surface area contributed by atoms with E-state index in [0.717, 1.165) is 33.4 Å². The van der Waals surface area contributed by atoms with Crippen LogP contribution in [0.3, 0.4) is 0 Å². The number of pyridine rings is 1. The number of aryl methyl sites for hydroxylation is 3. The van der Waals surface area contributed by atoms with Gasteiger partial charge in [0.1, 0.15) is 0 Å². The summed E-state index contributed by atoms with van der Waals surface area (Å²) >= 11 is 0. The first-order valence-corrected chi connectivity index (χ1v) is 7.30. The number of anilines is 1. The van der Waals surface area contributed by atoms with Crippen molar-refractivity contribution < 1.29 is 4.79 Å². The lowest BCUT2D eigenvalue weighted by molar-refractivity contribution is 0.102. The zero-order valence-electron chi connectivity index (χ0n) is 13.0. The van der Waals surface area contributed by atoms with Crippen LogP contribution >= 0.6 is 0 Å². The first-order chi connectivity index (χ1) is 10.6. The van der Waals surface area contributed by atoms with E-state index in [1.807, 2.05) is 69.3 Å². The second kappa shape index (κ2) is 5.60. The van der Waals surface area contributed by atoms with Gasteiger partial charge in [-0.1, -0.05) is 35.9 Å². The van der Waals surface area contributed by atoms with Crippen LogP contribution in [0.2, 0.25) is 0 Å². The molecule has 0 aliphatic heterocycles. The van der Waals surface area contributed by atoms with Crippen LogP contribution < -0.4 is 5.32 Å². The minimum absolute atomic E-state index is 0.114. The van der Waals surface area contributed by atoms with E-state index in [9.17, 15) is 4.79 Å². The smallest absolute Gasteiger partial charge is 0.257 e. The van der Waals surface area contributed by atoms with Crippen LogP contribution in [-0.4, -0.2) is 10.9 Å². The van der Waals surface area contributed by atoms with Crippen molar-refractivity contribution in [3.8, 4) is 0 Å². The Kier molecular flexibility index (Phi) is 3.63. The summed E-state index contributed by atoms with van der Waals surface area (Å²) in [6.07, 6.45) is 0. The fourth-order valence-corrected chi connectivity index (χ4v) is 2.70. The van der Waals surface area contributed by atoms with E-state index in [2.05, 4.69) is 10.3 Å². The number of hydrogen-bond donors (Lipinski definition) is 1. The molecule has 0 saturated heterocycles. The summed E-state index contributed by atoms with van der Waals surface area (Å²) in [5, 5.41) is 3.97. The second-order valence-corrected chi connectivity index (χ2v) is 5.53. The molecule has 0 aliphatic carbocycles. The zero-order chi connectivity index (χ0) is 15.7. The molecular formula is C19H18N2O. The highest BCUT2D eigenvalue weighted by atomic mass is 16.1. The van der Waals surface area contributed by atoms with Gasteiger partial charge < -0.3 is 5.32 Å². The molecular weight excluding hydrogens is 272 g/mol. The summed E-state index contributed by atoms with van der Waals surface area (Å²) in [4.78, 5) is 17.2. The summed E-state index contributed by atoms with van der Waals surface area (Å²) < 4.78 is 0. The van der Waals surface area contributed by atoms with Crippen LogP contribution in [0.4, 0.5) is 5.69 Å². The van der Waals surface area contributed by atoms with E-state index in [4.69, 9.17) is 0 Å². The molecule has 1 aromatic heterocycles. The summed E-state index contributed by atoms with van der Waals surface area (Å²) in [7, 11) is 0. The van der Waals surface area contributed by atoms with E-state index >= 15 is 0 Å². The van der Waals surface area contributed by atoms with Gasteiger partial charge in [-0.05, 0) is 44.5 Å². The third-order valence-corrected chi connectivity index (χ3v) is 3.87. The van der Waals surface area contributed by atoms with Crippen molar-refractivity contribution in [2.75, 3.05) is 5.32 Å². The Balaban J connectivity index is 2.02. The van der Waals surface area contributed by atoms with Crippen LogP contribution in [0.25, 0.3) is 10.9 Å². The third-order valence-electron chi connectivity index (χ3n) is 3.87. The van der Waals surface area contributed by atoms with Crippen LogP contribution in [0.5, 0.6) is 0 Å². The normalized spacial score (nSPS) is 10.7. The molecule has 22 heavy (non-hydrogen) atoms. The van der Waals surface area contributed by atoms with Crippen molar-refractivity contribution in [3.05, 3.63) is 70.9 Å². The van der Waals surface area contributed by atoms with E-state index < -0.39 is 0 Å². The van der Waals surface area contributed by atoms with Gasteiger partial charge in [-0.15, -0.1) is 0 Å². The molecule has 0 fully saturated rings. The number of nitrogens with zero attached hydrogens (tertiary/aromatic N) is 1. The van der Waals surface area contributed by atoms with Crippen LogP contribution in [0, 0.1) is 20.8 Å². The highest BCUT2D eigenvalue weighted by Crippen LogP contribution is 2.23. The molecule has 3 aromatic rings. The Bertz CT molecular complexity index is 851. The molecule has 1 N–H and O–H groups in total. The number of para-hydroxylation sites is 1. The minimum atomic E-state index is -0.114. The Morgan fingerprint density at radius 1 is 0.955 bits per heavy atom. The lowest BCUT2D eigenvalue weighted by Crippen LogP contribution is -2.16. The Labute approximate surface area is 130 Å². The summed E-state index contributed by atoms with van der Waals surface area (Å²) in [5.74, 6) is -0.114. The van der Waals surface area contributed by atoms with Gasteiger partial charge in [0.05, 0.1) is 16.8 Å². The molecule has 110 valence electrons. The lowest BCUT2D eigenvalue weighted by Gasteiger charge is -2.12. The van der Waals surface area contributed by atoms with Crippen molar-refractivity contribution in [2.45, 2.75) is 20.8 Å². The maximum Gasteiger partial charge on any atom is 0.257 e. The number of aromatic nitrogens is 1. The summed E-state index contributed by atoms with van der Waals surface area (Å²) in [6.45, 7) is 5.87. The number of carbonyl (C=O) groups excluding carboxylic acids is 1. The molecule has 0 unspecified atom stereocenters. The first-order valence-electron chi connectivity index (χ1n) is 7.30. The van der Waals surface area contributed by atoms with Crippen molar-refractivity contribution in [3.63, 3.8) is 0 Å². The Morgan fingerprint density at radius 2 is 1.64 bits per heavy atom. The molecule has 1 heterocycles. The van der Waals surface area contributed by atoms with Crippen molar-refractivity contribution in [1.82, 2.24) is 4.98 Å². The number of carbonyl (C=O) groups is 1. The van der Waals surface area contributed by atoms with Gasteiger partial charge in [0.15, 0.2) is 0 Å². The van der Waals surface area contributed by atoms with Gasteiger partial charge in [0, 0.05) is 11.1 Å². The highest BCUT2D eigenvalue weighted by Gasteiger charge is 2.16. The number of hydrogen-bond acceptors (Lipinski definition) is 2.